The van der Waals surface area contributed by atoms with Gasteiger partial charge in [0.25, 0.3) is 5.91 Å². The Morgan fingerprint density at radius 2 is 2.09 bits per heavy atom. The Bertz CT molecular complexity index is 656. The van der Waals surface area contributed by atoms with Gasteiger partial charge in [-0.25, -0.2) is 4.79 Å². The van der Waals surface area contributed by atoms with E-state index in [0.29, 0.717) is 11.5 Å². The van der Waals surface area contributed by atoms with Crippen molar-refractivity contribution in [3.8, 4) is 5.75 Å². The molecular weight excluding hydrogens is 338 g/mol. The van der Waals surface area contributed by atoms with Crippen molar-refractivity contribution in [1.82, 2.24) is 4.90 Å². The first-order chi connectivity index (χ1) is 11.0. The second-order valence-electron chi connectivity index (χ2n) is 4.59. The second-order valence-corrected chi connectivity index (χ2v) is 6.27. The summed E-state index contributed by atoms with van der Waals surface area (Å²) in [5.74, 6) is -1.09. The maximum Gasteiger partial charge on any atom is 0.329 e. The van der Waals surface area contributed by atoms with Crippen LogP contribution in [0, 0.1) is 0 Å². The number of carbonyl (C=O) groups excluding carboxylic acids is 1. The molecule has 1 aliphatic rings. The number of amides is 1. The molecule has 0 aliphatic carbocycles. The molecular formula is C15H15NO5S2. The third-order valence-electron chi connectivity index (χ3n) is 3.08. The summed E-state index contributed by atoms with van der Waals surface area (Å²) in [7, 11) is 0. The molecule has 1 heterocycles. The van der Waals surface area contributed by atoms with E-state index in [1.165, 1.54) is 0 Å². The van der Waals surface area contributed by atoms with Crippen molar-refractivity contribution >= 4 is 46.3 Å². The predicted molar refractivity (Wildman–Crippen MR) is 91.1 cm³/mol. The van der Waals surface area contributed by atoms with Crippen LogP contribution in [-0.4, -0.2) is 50.6 Å². The van der Waals surface area contributed by atoms with Crippen molar-refractivity contribution in [2.24, 2.45) is 0 Å². The van der Waals surface area contributed by atoms with Crippen molar-refractivity contribution in [2.75, 3.05) is 13.2 Å². The number of thioether (sulfide) groups is 1. The molecule has 2 rings (SSSR count). The highest BCUT2D eigenvalue weighted by Crippen LogP contribution is 2.34. The van der Waals surface area contributed by atoms with Gasteiger partial charge in [0, 0.05) is 0 Å². The van der Waals surface area contributed by atoms with Gasteiger partial charge in [0.2, 0.25) is 0 Å². The molecule has 1 aliphatic heterocycles. The van der Waals surface area contributed by atoms with Crippen molar-refractivity contribution in [3.63, 3.8) is 0 Å². The number of carboxylic acid groups (broad SMARTS) is 1. The first-order valence-corrected chi connectivity index (χ1v) is 8.04. The lowest BCUT2D eigenvalue weighted by Crippen LogP contribution is -2.46. The molecule has 1 fully saturated rings. The van der Waals surface area contributed by atoms with Crippen LogP contribution in [0.15, 0.2) is 29.2 Å². The minimum Gasteiger partial charge on any atom is -0.494 e. The number of aliphatic hydroxyl groups excluding tert-OH is 1. The van der Waals surface area contributed by atoms with Crippen molar-refractivity contribution < 1.29 is 24.5 Å². The monoisotopic (exact) mass is 353 g/mol. The van der Waals surface area contributed by atoms with Gasteiger partial charge in [0.1, 0.15) is 10.1 Å². The van der Waals surface area contributed by atoms with Crippen LogP contribution < -0.4 is 4.74 Å². The lowest BCUT2D eigenvalue weighted by Gasteiger charge is -2.20. The number of rotatable bonds is 6. The Morgan fingerprint density at radius 3 is 2.61 bits per heavy atom. The lowest BCUT2D eigenvalue weighted by atomic mass is 10.2. The summed E-state index contributed by atoms with van der Waals surface area (Å²) in [5, 5.41) is 18.2. The van der Waals surface area contributed by atoms with Crippen LogP contribution in [0.5, 0.6) is 5.75 Å². The van der Waals surface area contributed by atoms with Gasteiger partial charge in [-0.1, -0.05) is 36.1 Å². The van der Waals surface area contributed by atoms with Crippen LogP contribution in [-0.2, 0) is 9.59 Å². The molecule has 0 radical (unpaired) electrons. The Balaban J connectivity index is 2.22. The summed E-state index contributed by atoms with van der Waals surface area (Å²) in [6.07, 6.45) is 1.63. The average molecular weight is 353 g/mol. The van der Waals surface area contributed by atoms with Gasteiger partial charge in [0.05, 0.1) is 18.1 Å². The molecule has 1 saturated heterocycles. The molecule has 1 atom stereocenters. The molecule has 1 amide bonds. The van der Waals surface area contributed by atoms with Crippen LogP contribution in [0.2, 0.25) is 0 Å². The lowest BCUT2D eigenvalue weighted by molar-refractivity contribution is -0.146. The Labute approximate surface area is 142 Å². The zero-order valence-corrected chi connectivity index (χ0v) is 13.9. The van der Waals surface area contributed by atoms with E-state index in [2.05, 4.69) is 0 Å². The molecule has 8 heteroatoms. The standard InChI is InChI=1S/C15H15NO5S2/c1-2-21-10-5-3-9(4-6-10)7-12-13(18)16(15(22)23-12)11(8-17)14(19)20/h3-7,11,17H,2,8H2,1H3,(H,19,20). The number of aliphatic hydroxyl groups is 1. The minimum atomic E-state index is -1.37. The molecule has 0 saturated carbocycles. The average Bonchev–Trinajstić information content (AvgIpc) is 2.78. The quantitative estimate of drug-likeness (QED) is 0.595. The van der Waals surface area contributed by atoms with E-state index in [9.17, 15) is 14.7 Å². The molecule has 23 heavy (non-hydrogen) atoms. The van der Waals surface area contributed by atoms with Crippen molar-refractivity contribution in [2.45, 2.75) is 13.0 Å². The van der Waals surface area contributed by atoms with E-state index in [-0.39, 0.29) is 4.32 Å². The maximum absolute atomic E-state index is 12.3. The number of hydrogen-bond acceptors (Lipinski definition) is 6. The van der Waals surface area contributed by atoms with Gasteiger partial charge in [-0.3, -0.25) is 9.69 Å². The van der Waals surface area contributed by atoms with Crippen molar-refractivity contribution in [3.05, 3.63) is 34.7 Å². The molecule has 1 aromatic carbocycles. The van der Waals surface area contributed by atoms with Crippen LogP contribution >= 0.6 is 24.0 Å². The zero-order valence-electron chi connectivity index (χ0n) is 12.3. The number of ether oxygens (including phenoxy) is 1. The largest absolute Gasteiger partial charge is 0.494 e. The Hall–Kier alpha value is -1.90. The maximum atomic E-state index is 12.3. The fourth-order valence-electron chi connectivity index (χ4n) is 2.00. The summed E-state index contributed by atoms with van der Waals surface area (Å²) in [5.41, 5.74) is 0.768. The molecule has 0 aromatic heterocycles. The highest BCUT2D eigenvalue weighted by atomic mass is 32.2. The summed E-state index contributed by atoms with van der Waals surface area (Å²) in [4.78, 5) is 24.7. The topological polar surface area (TPSA) is 87.1 Å². The number of carbonyl (C=O) groups is 2. The second kappa shape index (κ2) is 7.58. The van der Waals surface area contributed by atoms with E-state index in [0.717, 1.165) is 28.0 Å². The van der Waals surface area contributed by atoms with Gasteiger partial charge in [-0.2, -0.15) is 0 Å². The molecule has 1 aromatic rings. The summed E-state index contributed by atoms with van der Waals surface area (Å²) >= 11 is 6.08. The SMILES string of the molecule is CCOc1ccc(C=C2SC(=S)N(C(CO)C(=O)O)C2=O)cc1. The van der Waals surface area contributed by atoms with Crippen LogP contribution in [0.4, 0.5) is 0 Å². The third kappa shape index (κ3) is 3.90. The molecule has 1 unspecified atom stereocenters. The van der Waals surface area contributed by atoms with Crippen LogP contribution in [0.1, 0.15) is 12.5 Å². The fraction of sp³-hybridized carbons (Fsp3) is 0.267. The summed E-state index contributed by atoms with van der Waals surface area (Å²) in [6.45, 7) is 1.76. The smallest absolute Gasteiger partial charge is 0.329 e. The number of nitrogens with zero attached hydrogens (tertiary/aromatic N) is 1. The molecule has 0 spiro atoms. The number of carboxylic acids is 1. The fourth-order valence-corrected chi connectivity index (χ4v) is 3.35. The normalized spacial score (nSPS) is 17.7. The first-order valence-electron chi connectivity index (χ1n) is 6.81. The zero-order chi connectivity index (χ0) is 17.0. The van der Waals surface area contributed by atoms with Gasteiger partial charge >= 0.3 is 5.97 Å². The van der Waals surface area contributed by atoms with Crippen molar-refractivity contribution in [1.29, 1.82) is 0 Å². The number of hydrogen-bond donors (Lipinski definition) is 2. The Kier molecular flexibility index (Phi) is 5.75. The van der Waals surface area contributed by atoms with Gasteiger partial charge in [0.15, 0.2) is 6.04 Å². The van der Waals surface area contributed by atoms with E-state index in [1.807, 2.05) is 6.92 Å². The number of benzene rings is 1. The van der Waals surface area contributed by atoms with Gasteiger partial charge in [-0.05, 0) is 30.7 Å². The predicted octanol–water partition coefficient (Wildman–Crippen LogP) is 1.73. The minimum absolute atomic E-state index is 0.119. The summed E-state index contributed by atoms with van der Waals surface area (Å²) in [6, 6.07) is 5.78. The van der Waals surface area contributed by atoms with Gasteiger partial charge in [-0.15, -0.1) is 0 Å². The highest BCUT2D eigenvalue weighted by Gasteiger charge is 2.40. The van der Waals surface area contributed by atoms with E-state index in [1.54, 1.807) is 30.3 Å². The van der Waals surface area contributed by atoms with Gasteiger partial charge < -0.3 is 14.9 Å². The highest BCUT2D eigenvalue weighted by molar-refractivity contribution is 8.26. The van der Waals surface area contributed by atoms with E-state index < -0.39 is 24.5 Å². The molecule has 0 bridgehead atoms. The third-order valence-corrected chi connectivity index (χ3v) is 4.41. The molecule has 6 nitrogen and oxygen atoms in total. The Morgan fingerprint density at radius 1 is 1.43 bits per heavy atom. The van der Waals surface area contributed by atoms with E-state index >= 15 is 0 Å². The molecule has 2 N–H and O–H groups in total. The first kappa shape index (κ1) is 17.5. The molecule has 122 valence electrons. The van der Waals surface area contributed by atoms with Crippen LogP contribution in [0.3, 0.4) is 0 Å². The van der Waals surface area contributed by atoms with E-state index in [4.69, 9.17) is 22.1 Å². The summed E-state index contributed by atoms with van der Waals surface area (Å²) < 4.78 is 5.46. The van der Waals surface area contributed by atoms with Crippen LogP contribution in [0.25, 0.3) is 6.08 Å². The number of aliphatic carboxylic acids is 1. The number of thiocarbonyl (C=S) groups is 1.